The molecule has 0 heterocycles. The third kappa shape index (κ3) is 8.79. The number of fused-ring (bicyclic) bond motifs is 7. The predicted molar refractivity (Wildman–Crippen MR) is 364 cm³/mol. The zero-order chi connectivity index (χ0) is 57.5. The van der Waals surface area contributed by atoms with Crippen LogP contribution in [0.4, 0.5) is 34.1 Å². The number of rotatable bonds is 10. The Morgan fingerprint density at radius 3 is 0.659 bits per heavy atom. The van der Waals surface area contributed by atoms with Crippen LogP contribution in [0.25, 0.3) is 98.7 Å². The van der Waals surface area contributed by atoms with Crippen molar-refractivity contribution in [2.45, 2.75) is 47.0 Å². The van der Waals surface area contributed by atoms with Crippen molar-refractivity contribution in [1.29, 1.82) is 0 Å². The van der Waals surface area contributed by atoms with Gasteiger partial charge in [0.2, 0.25) is 0 Å². The van der Waals surface area contributed by atoms with Gasteiger partial charge in [-0.1, -0.05) is 230 Å². The van der Waals surface area contributed by atoms with Gasteiger partial charge in [0.15, 0.2) is 0 Å². The molecule has 0 fully saturated rings. The third-order valence-corrected chi connectivity index (χ3v) is 18.1. The van der Waals surface area contributed by atoms with E-state index < -0.39 is 0 Å². The Bertz CT molecular complexity index is 4380. The number of benzene rings is 14. The topological polar surface area (TPSA) is 6.48 Å². The molecule has 14 aromatic rings. The highest BCUT2D eigenvalue weighted by Gasteiger charge is 2.37. The van der Waals surface area contributed by atoms with Crippen molar-refractivity contribution in [3.8, 4) is 55.6 Å². The van der Waals surface area contributed by atoms with Crippen LogP contribution in [0.5, 0.6) is 0 Å². The Morgan fingerprint density at radius 2 is 0.424 bits per heavy atom. The van der Waals surface area contributed by atoms with Gasteiger partial charge < -0.3 is 9.80 Å². The van der Waals surface area contributed by atoms with Gasteiger partial charge in [-0.15, -0.1) is 0 Å². The van der Waals surface area contributed by atoms with Crippen molar-refractivity contribution in [1.82, 2.24) is 0 Å². The molecule has 1 aliphatic carbocycles. The van der Waals surface area contributed by atoms with Crippen LogP contribution in [0.15, 0.2) is 279 Å². The molecule has 0 N–H and O–H groups in total. The molecule has 85 heavy (non-hydrogen) atoms. The molecule has 0 radical (unpaired) electrons. The van der Waals surface area contributed by atoms with Crippen molar-refractivity contribution < 1.29 is 0 Å². The first-order valence-corrected chi connectivity index (χ1v) is 29.8. The van der Waals surface area contributed by atoms with Crippen LogP contribution in [-0.4, -0.2) is 0 Å². The van der Waals surface area contributed by atoms with E-state index in [1.807, 2.05) is 0 Å². The zero-order valence-electron chi connectivity index (χ0n) is 49.0. The smallest absolute Gasteiger partial charge is 0.0462 e. The second-order valence-electron chi connectivity index (χ2n) is 23.9. The molecular weight excluding hydrogens is 1020 g/mol. The molecule has 0 spiro atoms. The van der Waals surface area contributed by atoms with Crippen molar-refractivity contribution in [2.75, 3.05) is 9.80 Å². The summed E-state index contributed by atoms with van der Waals surface area (Å²) in [7, 11) is 0. The van der Waals surface area contributed by atoms with E-state index in [4.69, 9.17) is 0 Å². The van der Waals surface area contributed by atoms with Crippen LogP contribution in [0, 0.1) is 27.7 Å². The first kappa shape index (κ1) is 51.6. The fraction of sp³-hybridized carbons (Fsp3) is 0.0843. The molecule has 406 valence electrons. The highest BCUT2D eigenvalue weighted by atomic mass is 15.1. The van der Waals surface area contributed by atoms with Crippen molar-refractivity contribution in [3.63, 3.8) is 0 Å². The molecule has 0 saturated heterocycles. The Labute approximate surface area is 499 Å². The molecule has 0 atom stereocenters. The average Bonchev–Trinajstić information content (AvgIpc) is 2.87. The molecule has 0 bridgehead atoms. The normalized spacial score (nSPS) is 12.4. The third-order valence-electron chi connectivity index (χ3n) is 18.1. The highest BCUT2D eigenvalue weighted by Crippen LogP contribution is 2.54. The summed E-state index contributed by atoms with van der Waals surface area (Å²) in [6.07, 6.45) is 0. The number of aryl methyl sites for hydroxylation is 4. The summed E-state index contributed by atoms with van der Waals surface area (Å²) in [6, 6.07) is 104. The fourth-order valence-corrected chi connectivity index (χ4v) is 13.8. The Hall–Kier alpha value is -10.3. The summed E-state index contributed by atoms with van der Waals surface area (Å²) in [5.41, 5.74) is 26.7. The largest absolute Gasteiger partial charge is 0.311 e. The van der Waals surface area contributed by atoms with Crippen molar-refractivity contribution in [3.05, 3.63) is 312 Å². The zero-order valence-corrected chi connectivity index (χ0v) is 49.0. The number of hydrogen-bond acceptors (Lipinski definition) is 2. The second kappa shape index (κ2) is 20.6. The Balaban J connectivity index is 0.803. The van der Waals surface area contributed by atoms with Gasteiger partial charge in [0, 0.05) is 39.5 Å². The van der Waals surface area contributed by atoms with Gasteiger partial charge in [0.05, 0.1) is 0 Å². The van der Waals surface area contributed by atoms with Gasteiger partial charge >= 0.3 is 0 Å². The maximum absolute atomic E-state index is 2.51. The van der Waals surface area contributed by atoms with E-state index >= 15 is 0 Å². The van der Waals surface area contributed by atoms with E-state index in [2.05, 4.69) is 330 Å². The lowest BCUT2D eigenvalue weighted by Gasteiger charge is -2.26. The summed E-state index contributed by atoms with van der Waals surface area (Å²) in [5, 5.41) is 9.99. The standard InChI is InChI=1S/C83H64N2/c1-53-23-37-61(38-24-53)84(62-39-25-54(2)26-40-62)65-45-31-57(32-46-65)79-69-15-7-11-19-73(69)81(74-20-12-8-16-70(74)79)59-35-49-67-68-50-36-60(52-78(68)83(5,6)77(67)51-59)82-75-21-13-9-17-71(75)80(72-18-10-14-22-76(72)82)58-33-47-66(48-34-58)85(63-41-27-55(3)28-42-63)64-43-29-56(4)30-44-64/h7-52H,1-6H3. The first-order valence-electron chi connectivity index (χ1n) is 29.8. The predicted octanol–water partition coefficient (Wildman–Crippen LogP) is 23.4. The minimum atomic E-state index is -0.270. The van der Waals surface area contributed by atoms with E-state index in [1.165, 1.54) is 132 Å². The number of anilines is 6. The number of nitrogens with zero attached hydrogens (tertiary/aromatic N) is 2. The molecule has 0 saturated carbocycles. The minimum Gasteiger partial charge on any atom is -0.311 e. The molecule has 2 nitrogen and oxygen atoms in total. The molecule has 2 heteroatoms. The summed E-state index contributed by atoms with van der Waals surface area (Å²) in [6.45, 7) is 13.4. The van der Waals surface area contributed by atoms with Gasteiger partial charge in [-0.05, 0) is 222 Å². The highest BCUT2D eigenvalue weighted by molar-refractivity contribution is 6.23. The second-order valence-corrected chi connectivity index (χ2v) is 23.9. The maximum Gasteiger partial charge on any atom is 0.0462 e. The minimum absolute atomic E-state index is 0.270. The van der Waals surface area contributed by atoms with Crippen LogP contribution in [-0.2, 0) is 5.41 Å². The molecule has 1 aliphatic rings. The molecule has 14 aromatic carbocycles. The van der Waals surface area contributed by atoms with Crippen LogP contribution in [0.2, 0.25) is 0 Å². The SMILES string of the molecule is Cc1ccc(N(c2ccc(C)cc2)c2ccc(-c3c4ccccc4c(-c4ccc5c(c4)C(C)(C)c4cc(-c6c7ccccc7c(-c7ccc(N(c8ccc(C)cc8)c8ccc(C)cc8)cc7)c7ccccc67)ccc4-5)c4ccccc34)cc2)cc1. The van der Waals surface area contributed by atoms with Gasteiger partial charge in [-0.2, -0.15) is 0 Å². The summed E-state index contributed by atoms with van der Waals surface area (Å²) < 4.78 is 0. The molecule has 15 rings (SSSR count). The monoisotopic (exact) mass is 1090 g/mol. The van der Waals surface area contributed by atoms with Crippen molar-refractivity contribution in [2.24, 2.45) is 0 Å². The molecule has 0 aliphatic heterocycles. The van der Waals surface area contributed by atoms with Gasteiger partial charge in [-0.3, -0.25) is 0 Å². The number of hydrogen-bond donors (Lipinski definition) is 0. The van der Waals surface area contributed by atoms with E-state index in [0.29, 0.717) is 0 Å². The molecule has 0 amide bonds. The summed E-state index contributed by atoms with van der Waals surface area (Å²) >= 11 is 0. The molecule has 0 unspecified atom stereocenters. The molecular formula is C83H64N2. The molecule has 0 aromatic heterocycles. The average molecular weight is 1090 g/mol. The van der Waals surface area contributed by atoms with Gasteiger partial charge in [0.25, 0.3) is 0 Å². The van der Waals surface area contributed by atoms with Gasteiger partial charge in [0.1, 0.15) is 0 Å². The lowest BCUT2D eigenvalue weighted by Crippen LogP contribution is -2.15. The Kier molecular flexibility index (Phi) is 12.5. The van der Waals surface area contributed by atoms with Crippen molar-refractivity contribution >= 4 is 77.2 Å². The summed E-state index contributed by atoms with van der Waals surface area (Å²) in [4.78, 5) is 4.71. The quantitative estimate of drug-likeness (QED) is 0.126. The maximum atomic E-state index is 2.51. The lowest BCUT2D eigenvalue weighted by atomic mass is 9.79. The van der Waals surface area contributed by atoms with Crippen LogP contribution in [0.1, 0.15) is 47.2 Å². The van der Waals surface area contributed by atoms with E-state index in [0.717, 1.165) is 34.1 Å². The lowest BCUT2D eigenvalue weighted by molar-refractivity contribution is 0.661. The van der Waals surface area contributed by atoms with E-state index in [-0.39, 0.29) is 5.41 Å². The van der Waals surface area contributed by atoms with Crippen LogP contribution in [0.3, 0.4) is 0 Å². The van der Waals surface area contributed by atoms with Crippen LogP contribution < -0.4 is 9.80 Å². The summed E-state index contributed by atoms with van der Waals surface area (Å²) in [5.74, 6) is 0. The van der Waals surface area contributed by atoms with Crippen LogP contribution >= 0.6 is 0 Å². The van der Waals surface area contributed by atoms with E-state index in [9.17, 15) is 0 Å². The Morgan fingerprint density at radius 1 is 0.224 bits per heavy atom. The van der Waals surface area contributed by atoms with Gasteiger partial charge in [-0.25, -0.2) is 0 Å². The van der Waals surface area contributed by atoms with E-state index in [1.54, 1.807) is 0 Å². The fourth-order valence-electron chi connectivity index (χ4n) is 13.8. The first-order chi connectivity index (χ1) is 41.6.